The van der Waals surface area contributed by atoms with Crippen LogP contribution in [0.1, 0.15) is 19.9 Å². The predicted molar refractivity (Wildman–Crippen MR) is 90.8 cm³/mol. The first kappa shape index (κ1) is 17.1. The highest BCUT2D eigenvalue weighted by molar-refractivity contribution is 7.90. The van der Waals surface area contributed by atoms with E-state index in [1.165, 1.54) is 6.26 Å². The monoisotopic (exact) mass is 344 g/mol. The summed E-state index contributed by atoms with van der Waals surface area (Å²) in [4.78, 5) is 4.90. The number of halogens is 1. The van der Waals surface area contributed by atoms with Crippen molar-refractivity contribution in [2.75, 3.05) is 24.7 Å². The van der Waals surface area contributed by atoms with E-state index < -0.39 is 9.84 Å². The summed E-state index contributed by atoms with van der Waals surface area (Å²) in [5, 5.41) is 6.60. The molecule has 0 amide bonds. The van der Waals surface area contributed by atoms with Gasteiger partial charge in [0.05, 0.1) is 22.0 Å². The maximum absolute atomic E-state index is 11.7. The molecule has 0 bridgehead atoms. The Morgan fingerprint density at radius 2 is 2.05 bits per heavy atom. The number of benzene rings is 1. The van der Waals surface area contributed by atoms with Crippen molar-refractivity contribution in [3.05, 3.63) is 18.2 Å². The normalized spacial score (nSPS) is 15.6. The van der Waals surface area contributed by atoms with Crippen LogP contribution in [0, 0.1) is 0 Å². The van der Waals surface area contributed by atoms with Gasteiger partial charge in [0.25, 0.3) is 0 Å². The number of rotatable bonds is 4. The number of nitrogens with one attached hydrogen (secondary N) is 2. The quantitative estimate of drug-likeness (QED) is 0.885. The first-order valence-electron chi connectivity index (χ1n) is 7.05. The van der Waals surface area contributed by atoms with Crippen LogP contribution >= 0.6 is 12.4 Å². The van der Waals surface area contributed by atoms with E-state index in [2.05, 4.69) is 34.0 Å². The highest BCUT2D eigenvalue weighted by Gasteiger charge is 2.25. The minimum Gasteiger partial charge on any atom is -0.353 e. The molecule has 0 unspecified atom stereocenters. The molecule has 3 rings (SSSR count). The van der Waals surface area contributed by atoms with Crippen LogP contribution in [-0.4, -0.2) is 43.4 Å². The molecule has 6 nitrogen and oxygen atoms in total. The maximum Gasteiger partial charge on any atom is 0.204 e. The number of nitrogens with zero attached hydrogens (tertiary/aromatic N) is 2. The highest BCUT2D eigenvalue weighted by Crippen LogP contribution is 2.28. The fourth-order valence-corrected chi connectivity index (χ4v) is 3.14. The summed E-state index contributed by atoms with van der Waals surface area (Å²) in [7, 11) is -3.21. The van der Waals surface area contributed by atoms with Crippen LogP contribution in [0.2, 0.25) is 0 Å². The SMILES string of the molecule is CC(C)Nc1nc2cc(S(C)(=O)=O)ccc2n1C1CNC1.Cl. The maximum atomic E-state index is 11.7. The van der Waals surface area contributed by atoms with Gasteiger partial charge in [0.15, 0.2) is 9.84 Å². The van der Waals surface area contributed by atoms with Crippen LogP contribution in [0.3, 0.4) is 0 Å². The van der Waals surface area contributed by atoms with E-state index in [0.29, 0.717) is 16.5 Å². The molecule has 0 spiro atoms. The van der Waals surface area contributed by atoms with Gasteiger partial charge in [-0.2, -0.15) is 0 Å². The lowest BCUT2D eigenvalue weighted by Crippen LogP contribution is -2.43. The van der Waals surface area contributed by atoms with E-state index in [4.69, 9.17) is 0 Å². The second-order valence-electron chi connectivity index (χ2n) is 5.84. The number of imidazole rings is 1. The zero-order valence-electron chi connectivity index (χ0n) is 12.8. The molecule has 1 aliphatic rings. The summed E-state index contributed by atoms with van der Waals surface area (Å²) in [6.45, 7) is 5.94. The van der Waals surface area contributed by atoms with Gasteiger partial charge in [-0.1, -0.05) is 0 Å². The Morgan fingerprint density at radius 1 is 1.36 bits per heavy atom. The van der Waals surface area contributed by atoms with Crippen LogP contribution in [0.5, 0.6) is 0 Å². The smallest absolute Gasteiger partial charge is 0.204 e. The van der Waals surface area contributed by atoms with E-state index in [1.54, 1.807) is 12.1 Å². The Bertz CT molecular complexity index is 781. The van der Waals surface area contributed by atoms with E-state index in [9.17, 15) is 8.42 Å². The molecule has 1 aromatic carbocycles. The molecule has 2 N–H and O–H groups in total. The molecule has 0 aliphatic carbocycles. The number of anilines is 1. The molecule has 1 aliphatic heterocycles. The minimum absolute atomic E-state index is 0. The van der Waals surface area contributed by atoms with Gasteiger partial charge in [-0.05, 0) is 32.0 Å². The van der Waals surface area contributed by atoms with Crippen LogP contribution in [0.15, 0.2) is 23.1 Å². The topological polar surface area (TPSA) is 76.0 Å². The van der Waals surface area contributed by atoms with E-state index in [0.717, 1.165) is 24.6 Å². The fourth-order valence-electron chi connectivity index (χ4n) is 2.49. The van der Waals surface area contributed by atoms with Crippen molar-refractivity contribution < 1.29 is 8.42 Å². The molecule has 0 atom stereocenters. The standard InChI is InChI=1S/C14H20N4O2S.ClH/c1-9(2)16-14-17-12-6-11(21(3,19)20)4-5-13(12)18(14)10-7-15-8-10;/h4-6,9-10,15H,7-8H2,1-3H3,(H,16,17);1H. The van der Waals surface area contributed by atoms with E-state index in [1.807, 2.05) is 6.07 Å². The third-order valence-electron chi connectivity index (χ3n) is 3.63. The number of fused-ring (bicyclic) bond motifs is 1. The van der Waals surface area contributed by atoms with Crippen molar-refractivity contribution in [1.82, 2.24) is 14.9 Å². The van der Waals surface area contributed by atoms with Gasteiger partial charge in [-0.15, -0.1) is 12.4 Å². The Balaban J connectivity index is 0.00000176. The summed E-state index contributed by atoms with van der Waals surface area (Å²) in [6.07, 6.45) is 1.22. The Morgan fingerprint density at radius 3 is 2.55 bits per heavy atom. The molecule has 2 heterocycles. The summed E-state index contributed by atoms with van der Waals surface area (Å²) >= 11 is 0. The number of aromatic nitrogens is 2. The van der Waals surface area contributed by atoms with Crippen LogP contribution < -0.4 is 10.6 Å². The molecule has 1 fully saturated rings. The van der Waals surface area contributed by atoms with Gasteiger partial charge >= 0.3 is 0 Å². The van der Waals surface area contributed by atoms with Gasteiger partial charge < -0.3 is 15.2 Å². The summed E-state index contributed by atoms with van der Waals surface area (Å²) < 4.78 is 25.5. The Kier molecular flexibility index (Phi) is 4.70. The van der Waals surface area contributed by atoms with Crippen molar-refractivity contribution in [3.8, 4) is 0 Å². The Hall–Kier alpha value is -1.31. The van der Waals surface area contributed by atoms with Crippen LogP contribution in [0.4, 0.5) is 5.95 Å². The lowest BCUT2D eigenvalue weighted by Gasteiger charge is -2.30. The van der Waals surface area contributed by atoms with Crippen LogP contribution in [-0.2, 0) is 9.84 Å². The average Bonchev–Trinajstić information content (AvgIpc) is 2.63. The van der Waals surface area contributed by atoms with E-state index in [-0.39, 0.29) is 18.4 Å². The molecule has 0 saturated carbocycles. The molecule has 1 saturated heterocycles. The van der Waals surface area contributed by atoms with Gasteiger partial charge in [0.2, 0.25) is 5.95 Å². The lowest BCUT2D eigenvalue weighted by atomic mass is 10.1. The summed E-state index contributed by atoms with van der Waals surface area (Å²) in [6, 6.07) is 5.78. The molecule has 0 radical (unpaired) electrons. The second-order valence-corrected chi connectivity index (χ2v) is 7.85. The van der Waals surface area contributed by atoms with Gasteiger partial charge in [0, 0.05) is 25.4 Å². The first-order valence-corrected chi connectivity index (χ1v) is 8.94. The molecular formula is C14H21ClN4O2S. The Labute approximate surface area is 136 Å². The molecule has 1 aromatic heterocycles. The van der Waals surface area contributed by atoms with Gasteiger partial charge in [0.1, 0.15) is 0 Å². The zero-order valence-corrected chi connectivity index (χ0v) is 14.5. The van der Waals surface area contributed by atoms with Crippen molar-refractivity contribution >= 4 is 39.2 Å². The van der Waals surface area contributed by atoms with Crippen molar-refractivity contribution in [3.63, 3.8) is 0 Å². The molecule has 8 heteroatoms. The molecular weight excluding hydrogens is 324 g/mol. The molecule has 122 valence electrons. The second kappa shape index (κ2) is 6.06. The molecule has 22 heavy (non-hydrogen) atoms. The minimum atomic E-state index is -3.21. The summed E-state index contributed by atoms with van der Waals surface area (Å²) in [5.41, 5.74) is 1.69. The van der Waals surface area contributed by atoms with Crippen molar-refractivity contribution in [1.29, 1.82) is 0 Å². The fraction of sp³-hybridized carbons (Fsp3) is 0.500. The van der Waals surface area contributed by atoms with E-state index >= 15 is 0 Å². The largest absolute Gasteiger partial charge is 0.353 e. The van der Waals surface area contributed by atoms with Crippen molar-refractivity contribution in [2.24, 2.45) is 0 Å². The zero-order chi connectivity index (χ0) is 15.2. The molecule has 2 aromatic rings. The number of sulfone groups is 1. The number of hydrogen-bond donors (Lipinski definition) is 2. The summed E-state index contributed by atoms with van der Waals surface area (Å²) in [5.74, 6) is 0.803. The van der Waals surface area contributed by atoms with Crippen LogP contribution in [0.25, 0.3) is 11.0 Å². The van der Waals surface area contributed by atoms with Crippen molar-refractivity contribution in [2.45, 2.75) is 30.8 Å². The number of hydrogen-bond acceptors (Lipinski definition) is 5. The predicted octanol–water partition coefficient (Wildman–Crippen LogP) is 1.83. The van der Waals surface area contributed by atoms with Gasteiger partial charge in [-0.25, -0.2) is 13.4 Å². The lowest BCUT2D eigenvalue weighted by molar-refractivity contribution is 0.353. The highest BCUT2D eigenvalue weighted by atomic mass is 35.5. The third kappa shape index (κ3) is 3.06. The van der Waals surface area contributed by atoms with Gasteiger partial charge in [-0.3, -0.25) is 0 Å². The third-order valence-corrected chi connectivity index (χ3v) is 4.74. The first-order chi connectivity index (χ1) is 9.86. The average molecular weight is 345 g/mol.